The second kappa shape index (κ2) is 7.09. The zero-order valence-corrected chi connectivity index (χ0v) is 12.6. The molecule has 1 heterocycles. The molecule has 0 amide bonds. The molecule has 2 atom stereocenters. The summed E-state index contributed by atoms with van der Waals surface area (Å²) in [7, 11) is 1.34. The molecular formula is C17H21NO3. The van der Waals surface area contributed by atoms with Crippen molar-refractivity contribution in [3.8, 4) is 0 Å². The molecule has 2 aromatic rings. The average molecular weight is 287 g/mol. The number of methoxy groups -OCH3 is 1. The molecule has 0 aliphatic rings. The zero-order valence-electron chi connectivity index (χ0n) is 12.6. The molecule has 112 valence electrons. The minimum Gasteiger partial charge on any atom is -0.463 e. The van der Waals surface area contributed by atoms with E-state index in [9.17, 15) is 4.79 Å². The van der Waals surface area contributed by atoms with E-state index in [4.69, 9.17) is 4.42 Å². The third kappa shape index (κ3) is 4.20. The Bertz CT molecular complexity index is 577. The summed E-state index contributed by atoms with van der Waals surface area (Å²) in [5, 5.41) is 3.47. The van der Waals surface area contributed by atoms with Gasteiger partial charge in [0.25, 0.3) is 0 Å². The molecule has 0 aliphatic carbocycles. The molecule has 4 heteroatoms. The van der Waals surface area contributed by atoms with Gasteiger partial charge in [-0.25, -0.2) is 4.79 Å². The molecule has 0 saturated carbocycles. The van der Waals surface area contributed by atoms with Gasteiger partial charge in [0.2, 0.25) is 5.76 Å². The van der Waals surface area contributed by atoms with E-state index in [2.05, 4.69) is 29.1 Å². The summed E-state index contributed by atoms with van der Waals surface area (Å²) >= 11 is 0. The standard InChI is InChI=1S/C17H21NO3/c1-12(11-14-7-5-4-6-8-14)18-13(2)15-9-10-16(21-15)17(19)20-3/h4-10,12-13,18H,11H2,1-3H3. The van der Waals surface area contributed by atoms with Crippen molar-refractivity contribution >= 4 is 5.97 Å². The first-order valence-corrected chi connectivity index (χ1v) is 7.08. The summed E-state index contributed by atoms with van der Waals surface area (Å²) in [6, 6.07) is 14.1. The first-order chi connectivity index (χ1) is 10.1. The van der Waals surface area contributed by atoms with Gasteiger partial charge in [-0.05, 0) is 38.0 Å². The molecule has 1 aromatic heterocycles. The quantitative estimate of drug-likeness (QED) is 0.828. The number of nitrogens with one attached hydrogen (secondary N) is 1. The molecule has 0 saturated heterocycles. The number of carbonyl (C=O) groups is 1. The number of furan rings is 1. The molecule has 2 unspecified atom stereocenters. The van der Waals surface area contributed by atoms with E-state index >= 15 is 0 Å². The summed E-state index contributed by atoms with van der Waals surface area (Å²) in [5.41, 5.74) is 1.29. The van der Waals surface area contributed by atoms with Crippen molar-refractivity contribution in [3.05, 3.63) is 59.5 Å². The minimum absolute atomic E-state index is 0.0297. The fourth-order valence-corrected chi connectivity index (χ4v) is 2.33. The summed E-state index contributed by atoms with van der Waals surface area (Å²) in [6.07, 6.45) is 0.940. The molecule has 0 spiro atoms. The Morgan fingerprint density at radius 1 is 1.19 bits per heavy atom. The van der Waals surface area contributed by atoms with Crippen molar-refractivity contribution in [2.75, 3.05) is 7.11 Å². The molecule has 4 nitrogen and oxygen atoms in total. The molecule has 0 radical (unpaired) electrons. The zero-order chi connectivity index (χ0) is 15.2. The van der Waals surface area contributed by atoms with Crippen LogP contribution in [0.25, 0.3) is 0 Å². The van der Waals surface area contributed by atoms with Crippen molar-refractivity contribution < 1.29 is 13.9 Å². The van der Waals surface area contributed by atoms with Crippen LogP contribution in [0.2, 0.25) is 0 Å². The lowest BCUT2D eigenvalue weighted by Crippen LogP contribution is -2.30. The monoisotopic (exact) mass is 287 g/mol. The highest BCUT2D eigenvalue weighted by Gasteiger charge is 2.16. The molecule has 0 aliphatic heterocycles. The smallest absolute Gasteiger partial charge is 0.373 e. The molecule has 1 aromatic carbocycles. The highest BCUT2D eigenvalue weighted by Crippen LogP contribution is 2.18. The Kier molecular flexibility index (Phi) is 5.17. The number of benzene rings is 1. The van der Waals surface area contributed by atoms with Crippen LogP contribution in [-0.2, 0) is 11.2 Å². The van der Waals surface area contributed by atoms with Gasteiger partial charge in [0, 0.05) is 6.04 Å². The first kappa shape index (κ1) is 15.3. The second-order valence-corrected chi connectivity index (χ2v) is 5.17. The molecule has 0 fully saturated rings. The van der Waals surface area contributed by atoms with E-state index < -0.39 is 5.97 Å². The van der Waals surface area contributed by atoms with Gasteiger partial charge in [-0.15, -0.1) is 0 Å². The maximum atomic E-state index is 11.4. The largest absolute Gasteiger partial charge is 0.463 e. The highest BCUT2D eigenvalue weighted by atomic mass is 16.5. The number of esters is 1. The van der Waals surface area contributed by atoms with Crippen LogP contribution in [0.15, 0.2) is 46.9 Å². The van der Waals surface area contributed by atoms with E-state index in [1.165, 1.54) is 12.7 Å². The third-order valence-corrected chi connectivity index (χ3v) is 3.36. The Morgan fingerprint density at radius 3 is 2.57 bits per heavy atom. The van der Waals surface area contributed by atoms with E-state index in [0.717, 1.165) is 12.2 Å². The Labute approximate surface area is 125 Å². The molecular weight excluding hydrogens is 266 g/mol. The predicted molar refractivity (Wildman–Crippen MR) is 81.2 cm³/mol. The van der Waals surface area contributed by atoms with Crippen LogP contribution in [0.5, 0.6) is 0 Å². The number of hydrogen-bond acceptors (Lipinski definition) is 4. The second-order valence-electron chi connectivity index (χ2n) is 5.17. The van der Waals surface area contributed by atoms with Gasteiger partial charge in [0.05, 0.1) is 13.2 Å². The summed E-state index contributed by atoms with van der Waals surface area (Å²) in [4.78, 5) is 11.4. The fraction of sp³-hybridized carbons (Fsp3) is 0.353. The number of carbonyl (C=O) groups excluding carboxylic acids is 1. The van der Waals surface area contributed by atoms with E-state index in [-0.39, 0.29) is 11.8 Å². The van der Waals surface area contributed by atoms with Crippen LogP contribution in [-0.4, -0.2) is 19.1 Å². The van der Waals surface area contributed by atoms with Gasteiger partial charge in [-0.1, -0.05) is 30.3 Å². The highest BCUT2D eigenvalue weighted by molar-refractivity contribution is 5.86. The molecule has 0 bridgehead atoms. The summed E-state index contributed by atoms with van der Waals surface area (Å²) in [5.74, 6) is 0.512. The van der Waals surface area contributed by atoms with Gasteiger partial charge in [0.1, 0.15) is 5.76 Å². The number of rotatable bonds is 6. The van der Waals surface area contributed by atoms with Crippen molar-refractivity contribution in [2.45, 2.75) is 32.4 Å². The van der Waals surface area contributed by atoms with Crippen LogP contribution < -0.4 is 5.32 Å². The lowest BCUT2D eigenvalue weighted by molar-refractivity contribution is 0.0562. The van der Waals surface area contributed by atoms with Crippen LogP contribution in [0.1, 0.15) is 41.8 Å². The van der Waals surface area contributed by atoms with Crippen LogP contribution in [0, 0.1) is 0 Å². The Balaban J connectivity index is 1.93. The SMILES string of the molecule is COC(=O)c1ccc(C(C)NC(C)Cc2ccccc2)o1. The van der Waals surface area contributed by atoms with Crippen molar-refractivity contribution in [1.29, 1.82) is 0 Å². The lowest BCUT2D eigenvalue weighted by Gasteiger charge is -2.18. The Hall–Kier alpha value is -2.07. The van der Waals surface area contributed by atoms with Gasteiger partial charge in [0.15, 0.2) is 0 Å². The number of hydrogen-bond donors (Lipinski definition) is 1. The average Bonchev–Trinajstić information content (AvgIpc) is 2.97. The van der Waals surface area contributed by atoms with Gasteiger partial charge in [-0.3, -0.25) is 0 Å². The third-order valence-electron chi connectivity index (χ3n) is 3.36. The molecule has 2 rings (SSSR count). The maximum Gasteiger partial charge on any atom is 0.373 e. The predicted octanol–water partition coefficient (Wildman–Crippen LogP) is 3.35. The molecule has 1 N–H and O–H groups in total. The van der Waals surface area contributed by atoms with E-state index in [1.54, 1.807) is 12.1 Å². The first-order valence-electron chi connectivity index (χ1n) is 7.08. The van der Waals surface area contributed by atoms with Crippen LogP contribution in [0.3, 0.4) is 0 Å². The topological polar surface area (TPSA) is 51.5 Å². The lowest BCUT2D eigenvalue weighted by atomic mass is 10.1. The number of ether oxygens (including phenoxy) is 1. The van der Waals surface area contributed by atoms with Gasteiger partial charge in [-0.2, -0.15) is 0 Å². The minimum atomic E-state index is -0.453. The van der Waals surface area contributed by atoms with Gasteiger partial charge < -0.3 is 14.5 Å². The van der Waals surface area contributed by atoms with E-state index in [0.29, 0.717) is 6.04 Å². The van der Waals surface area contributed by atoms with Crippen molar-refractivity contribution in [2.24, 2.45) is 0 Å². The normalized spacial score (nSPS) is 13.7. The fourth-order valence-electron chi connectivity index (χ4n) is 2.33. The van der Waals surface area contributed by atoms with Gasteiger partial charge >= 0.3 is 5.97 Å². The van der Waals surface area contributed by atoms with E-state index in [1.807, 2.05) is 25.1 Å². The maximum absolute atomic E-state index is 11.4. The van der Waals surface area contributed by atoms with Crippen molar-refractivity contribution in [3.63, 3.8) is 0 Å². The van der Waals surface area contributed by atoms with Crippen molar-refractivity contribution in [1.82, 2.24) is 5.32 Å². The van der Waals surface area contributed by atoms with Crippen LogP contribution in [0.4, 0.5) is 0 Å². The Morgan fingerprint density at radius 2 is 1.90 bits per heavy atom. The molecule has 21 heavy (non-hydrogen) atoms. The summed E-state index contributed by atoms with van der Waals surface area (Å²) < 4.78 is 10.1. The van der Waals surface area contributed by atoms with Crippen LogP contribution >= 0.6 is 0 Å². The summed E-state index contributed by atoms with van der Waals surface area (Å²) in [6.45, 7) is 4.15.